The van der Waals surface area contributed by atoms with E-state index in [4.69, 9.17) is 10.1 Å². The Labute approximate surface area is 223 Å². The fraction of sp³-hybridized carbons (Fsp3) is 0.321. The number of nitrogens with zero attached hydrogens (tertiary/aromatic N) is 4. The maximum Gasteiger partial charge on any atom is 0.451 e. The van der Waals surface area contributed by atoms with Crippen molar-refractivity contribution in [1.82, 2.24) is 24.8 Å². The quantitative estimate of drug-likeness (QED) is 0.354. The molecule has 0 saturated carbocycles. The largest absolute Gasteiger partial charge is 0.451 e. The monoisotopic (exact) mass is 538 g/mol. The van der Waals surface area contributed by atoms with Crippen LogP contribution in [0.15, 0.2) is 53.5 Å². The van der Waals surface area contributed by atoms with E-state index in [0.717, 1.165) is 35.3 Å². The van der Waals surface area contributed by atoms with Gasteiger partial charge in [-0.25, -0.2) is 9.97 Å². The lowest BCUT2D eigenvalue weighted by atomic mass is 9.97. The number of hydrogen-bond donors (Lipinski definition) is 2. The number of aromatic nitrogens is 4. The summed E-state index contributed by atoms with van der Waals surface area (Å²) in [5, 5.41) is 9.08. The average Bonchev–Trinajstić information content (AvgIpc) is 2.93. The lowest BCUT2D eigenvalue weighted by Gasteiger charge is -2.24. The van der Waals surface area contributed by atoms with Gasteiger partial charge in [-0.2, -0.15) is 13.2 Å². The molecule has 11 heteroatoms. The molecule has 0 radical (unpaired) electrons. The molecule has 1 fully saturated rings. The molecule has 4 heterocycles. The molecule has 2 N–H and O–H groups in total. The van der Waals surface area contributed by atoms with E-state index in [9.17, 15) is 18.0 Å². The second-order valence-electron chi connectivity index (χ2n) is 9.16. The number of alkyl halides is 3. The van der Waals surface area contributed by atoms with Crippen molar-refractivity contribution in [1.29, 1.82) is 5.41 Å². The molecule has 3 aromatic heterocycles. The minimum absolute atomic E-state index is 0.0434. The summed E-state index contributed by atoms with van der Waals surface area (Å²) in [4.78, 5) is 25.6. The van der Waals surface area contributed by atoms with Gasteiger partial charge in [0, 0.05) is 48.0 Å². The Balaban J connectivity index is 0.00000172. The average molecular weight is 539 g/mol. The second kappa shape index (κ2) is 11.8. The zero-order valence-corrected chi connectivity index (χ0v) is 21.7. The second-order valence-corrected chi connectivity index (χ2v) is 9.16. The number of rotatable bonds is 5. The fourth-order valence-electron chi connectivity index (χ4n) is 4.60. The minimum Gasteiger partial charge on any atom is -0.376 e. The Morgan fingerprint density at radius 2 is 1.92 bits per heavy atom. The van der Waals surface area contributed by atoms with Crippen LogP contribution in [0, 0.1) is 19.3 Å². The van der Waals surface area contributed by atoms with Crippen LogP contribution < -0.4 is 10.9 Å². The molecule has 39 heavy (non-hydrogen) atoms. The van der Waals surface area contributed by atoms with Crippen molar-refractivity contribution in [2.45, 2.75) is 39.1 Å². The molecule has 5 rings (SSSR count). The van der Waals surface area contributed by atoms with Crippen LogP contribution in [-0.2, 0) is 17.5 Å². The van der Waals surface area contributed by atoms with Crippen LogP contribution in [-0.4, -0.2) is 52.0 Å². The van der Waals surface area contributed by atoms with Crippen molar-refractivity contribution >= 4 is 17.8 Å². The van der Waals surface area contributed by atoms with E-state index in [-0.39, 0.29) is 18.3 Å². The molecule has 8 nitrogen and oxygen atoms in total. The maximum atomic E-state index is 13.7. The van der Waals surface area contributed by atoms with E-state index in [1.807, 2.05) is 50.2 Å². The highest BCUT2D eigenvalue weighted by molar-refractivity contribution is 5.82. The summed E-state index contributed by atoms with van der Waals surface area (Å²) in [6.07, 6.45) is -3.29. The van der Waals surface area contributed by atoms with Crippen molar-refractivity contribution in [2.75, 3.05) is 19.7 Å². The van der Waals surface area contributed by atoms with Gasteiger partial charge in [-0.15, -0.1) is 0 Å². The Morgan fingerprint density at radius 1 is 1.13 bits per heavy atom. The molecule has 0 bridgehead atoms. The van der Waals surface area contributed by atoms with Gasteiger partial charge in [0.15, 0.2) is 0 Å². The SMILES string of the molecule is C=N.Cc1cccc(-c2ccc(-c3cc4cnc(C(F)(F)F)nc4n(CCC4CNCCO4)c3=O)c(C)c2)n1. The molecule has 1 saturated heterocycles. The topological polar surface area (TPSA) is 106 Å². The number of fused-ring (bicyclic) bond motifs is 1. The van der Waals surface area contributed by atoms with Crippen molar-refractivity contribution in [3.05, 3.63) is 76.1 Å². The van der Waals surface area contributed by atoms with Crippen molar-refractivity contribution < 1.29 is 17.9 Å². The van der Waals surface area contributed by atoms with Crippen LogP contribution in [0.4, 0.5) is 13.2 Å². The maximum absolute atomic E-state index is 13.7. The van der Waals surface area contributed by atoms with E-state index in [0.29, 0.717) is 36.1 Å². The van der Waals surface area contributed by atoms with Crippen molar-refractivity contribution in [3.8, 4) is 22.4 Å². The molecule has 1 unspecified atom stereocenters. The first kappa shape index (κ1) is 28.1. The van der Waals surface area contributed by atoms with E-state index in [1.165, 1.54) is 4.57 Å². The molecular formula is C28H29F3N6O2. The zero-order valence-electron chi connectivity index (χ0n) is 21.7. The summed E-state index contributed by atoms with van der Waals surface area (Å²) in [5.74, 6) is -1.28. The molecule has 1 atom stereocenters. The molecule has 204 valence electrons. The van der Waals surface area contributed by atoms with E-state index >= 15 is 0 Å². The number of hydrogen-bond acceptors (Lipinski definition) is 7. The normalized spacial score (nSPS) is 15.6. The van der Waals surface area contributed by atoms with Gasteiger partial charge in [0.25, 0.3) is 5.56 Å². The molecule has 0 spiro atoms. The van der Waals surface area contributed by atoms with Gasteiger partial charge in [-0.05, 0) is 62.4 Å². The number of pyridine rings is 2. The standard InChI is InChI=1S/C27H26F3N5O2.CH3N/c1-16-12-18(23-5-3-4-17(2)33-23)6-7-21(16)22-13-19-14-32-26(27(28,29)30)34-24(19)35(25(22)36)10-8-20-15-31-9-11-37-20;1-2/h3-7,12-14,20,31H,8-11,15H2,1-2H3;2H,1H2. The summed E-state index contributed by atoms with van der Waals surface area (Å²) in [6, 6.07) is 13.0. The van der Waals surface area contributed by atoms with Gasteiger partial charge in [-0.3, -0.25) is 14.3 Å². The summed E-state index contributed by atoms with van der Waals surface area (Å²) < 4.78 is 47.2. The number of halogens is 3. The summed E-state index contributed by atoms with van der Waals surface area (Å²) in [6.45, 7) is 8.37. The Hall–Kier alpha value is -3.96. The highest BCUT2D eigenvalue weighted by Gasteiger charge is 2.35. The number of benzene rings is 1. The molecule has 1 aliphatic heterocycles. The van der Waals surface area contributed by atoms with Crippen molar-refractivity contribution in [2.24, 2.45) is 0 Å². The highest BCUT2D eigenvalue weighted by Crippen LogP contribution is 2.30. The first-order valence-electron chi connectivity index (χ1n) is 12.4. The first-order valence-corrected chi connectivity index (χ1v) is 12.4. The lowest BCUT2D eigenvalue weighted by molar-refractivity contribution is -0.144. The van der Waals surface area contributed by atoms with Gasteiger partial charge < -0.3 is 15.5 Å². The Bertz CT molecular complexity index is 1530. The number of nitrogens with one attached hydrogen (secondary N) is 2. The Kier molecular flexibility index (Phi) is 8.51. The van der Waals surface area contributed by atoms with E-state index < -0.39 is 17.6 Å². The van der Waals surface area contributed by atoms with Gasteiger partial charge in [0.1, 0.15) is 5.65 Å². The molecule has 4 aromatic rings. The molecule has 0 aliphatic carbocycles. The molecular weight excluding hydrogens is 509 g/mol. The van der Waals surface area contributed by atoms with Crippen LogP contribution >= 0.6 is 0 Å². The fourth-order valence-corrected chi connectivity index (χ4v) is 4.60. The third kappa shape index (κ3) is 6.21. The number of morpholine rings is 1. The zero-order chi connectivity index (χ0) is 28.2. The summed E-state index contributed by atoms with van der Waals surface area (Å²) in [7, 11) is 0. The third-order valence-corrected chi connectivity index (χ3v) is 6.46. The summed E-state index contributed by atoms with van der Waals surface area (Å²) >= 11 is 0. The van der Waals surface area contributed by atoms with Crippen molar-refractivity contribution in [3.63, 3.8) is 0 Å². The van der Waals surface area contributed by atoms with Crippen LogP contribution in [0.2, 0.25) is 0 Å². The Morgan fingerprint density at radius 3 is 2.59 bits per heavy atom. The predicted octanol–water partition coefficient (Wildman–Crippen LogP) is 4.80. The van der Waals surface area contributed by atoms with Crippen LogP contribution in [0.5, 0.6) is 0 Å². The van der Waals surface area contributed by atoms with Gasteiger partial charge in [0.2, 0.25) is 5.82 Å². The molecule has 1 aromatic carbocycles. The summed E-state index contributed by atoms with van der Waals surface area (Å²) in [5.41, 5.74) is 4.08. The van der Waals surface area contributed by atoms with E-state index in [2.05, 4.69) is 27.0 Å². The van der Waals surface area contributed by atoms with Crippen LogP contribution in [0.25, 0.3) is 33.4 Å². The van der Waals surface area contributed by atoms with E-state index in [1.54, 1.807) is 6.07 Å². The van der Waals surface area contributed by atoms with Crippen LogP contribution in [0.1, 0.15) is 23.5 Å². The van der Waals surface area contributed by atoms with Gasteiger partial charge in [-0.1, -0.05) is 18.2 Å². The van der Waals surface area contributed by atoms with Gasteiger partial charge in [0.05, 0.1) is 18.4 Å². The van der Waals surface area contributed by atoms with Crippen LogP contribution in [0.3, 0.4) is 0 Å². The third-order valence-electron chi connectivity index (χ3n) is 6.46. The number of ether oxygens (including phenoxy) is 1. The first-order chi connectivity index (χ1) is 18.7. The minimum atomic E-state index is -4.72. The predicted molar refractivity (Wildman–Crippen MR) is 144 cm³/mol. The number of aryl methyl sites for hydroxylation is 3. The van der Waals surface area contributed by atoms with Gasteiger partial charge >= 0.3 is 6.18 Å². The molecule has 0 amide bonds. The molecule has 1 aliphatic rings. The highest BCUT2D eigenvalue weighted by atomic mass is 19.4. The smallest absolute Gasteiger partial charge is 0.376 e. The lowest BCUT2D eigenvalue weighted by Crippen LogP contribution is -2.39.